The van der Waals surface area contributed by atoms with Crippen LogP contribution in [0, 0.1) is 5.41 Å². The highest BCUT2D eigenvalue weighted by Crippen LogP contribution is 2.04. The monoisotopic (exact) mass is 192 g/mol. The van der Waals surface area contributed by atoms with Gasteiger partial charge in [-0.1, -0.05) is 18.2 Å². The zero-order valence-corrected chi connectivity index (χ0v) is 8.42. The minimum Gasteiger partial charge on any atom is -0.481 e. The summed E-state index contributed by atoms with van der Waals surface area (Å²) in [7, 11) is 0. The molecule has 0 amide bonds. The predicted octanol–water partition coefficient (Wildman–Crippen LogP) is 2.50. The van der Waals surface area contributed by atoms with Crippen LogP contribution in [0.1, 0.15) is 13.3 Å². The van der Waals surface area contributed by atoms with Gasteiger partial charge in [0, 0.05) is 18.7 Å². The van der Waals surface area contributed by atoms with Gasteiger partial charge >= 0.3 is 0 Å². The first-order valence-electron chi connectivity index (χ1n) is 4.82. The summed E-state index contributed by atoms with van der Waals surface area (Å²) in [5, 5.41) is 10.6. The molecule has 0 radical (unpaired) electrons. The summed E-state index contributed by atoms with van der Waals surface area (Å²) in [5.74, 6) is 0.343. The maximum absolute atomic E-state index is 7.39. The normalized spacial score (nSPS) is 9.50. The Hall–Kier alpha value is -1.51. The molecule has 0 heterocycles. The summed E-state index contributed by atoms with van der Waals surface area (Å²) in [5.41, 5.74) is 1.08. The van der Waals surface area contributed by atoms with Crippen molar-refractivity contribution < 1.29 is 4.74 Å². The van der Waals surface area contributed by atoms with Gasteiger partial charge in [-0.25, -0.2) is 0 Å². The summed E-state index contributed by atoms with van der Waals surface area (Å²) < 4.78 is 5.02. The molecule has 0 spiro atoms. The van der Waals surface area contributed by atoms with E-state index in [2.05, 4.69) is 5.32 Å². The number of nitrogens with one attached hydrogen (secondary N) is 2. The molecule has 0 saturated carbocycles. The number of ether oxygens (including phenoxy) is 1. The molecule has 0 fully saturated rings. The highest BCUT2D eigenvalue weighted by atomic mass is 16.5. The first-order valence-corrected chi connectivity index (χ1v) is 4.82. The fraction of sp³-hybridized carbons (Fsp3) is 0.364. The Morgan fingerprint density at radius 3 is 2.71 bits per heavy atom. The van der Waals surface area contributed by atoms with Crippen molar-refractivity contribution in [3.8, 4) is 0 Å². The van der Waals surface area contributed by atoms with E-state index in [1.165, 1.54) is 0 Å². The second-order valence-electron chi connectivity index (χ2n) is 2.90. The third-order valence-corrected chi connectivity index (χ3v) is 1.77. The number of anilines is 1. The molecule has 0 aliphatic heterocycles. The molecule has 3 heteroatoms. The van der Waals surface area contributed by atoms with Crippen LogP contribution in [-0.4, -0.2) is 19.0 Å². The van der Waals surface area contributed by atoms with Crippen LogP contribution >= 0.6 is 0 Å². The second kappa shape index (κ2) is 6.02. The molecule has 0 atom stereocenters. The van der Waals surface area contributed by atoms with Crippen molar-refractivity contribution in [2.45, 2.75) is 13.3 Å². The van der Waals surface area contributed by atoms with Crippen molar-refractivity contribution in [1.29, 1.82) is 5.41 Å². The average Bonchev–Trinajstić information content (AvgIpc) is 2.20. The minimum absolute atomic E-state index is 0.343. The fourth-order valence-corrected chi connectivity index (χ4v) is 1.12. The van der Waals surface area contributed by atoms with Crippen molar-refractivity contribution in [2.24, 2.45) is 0 Å². The van der Waals surface area contributed by atoms with E-state index in [4.69, 9.17) is 10.1 Å². The van der Waals surface area contributed by atoms with Crippen LogP contribution in [0.3, 0.4) is 0 Å². The Morgan fingerprint density at radius 1 is 1.36 bits per heavy atom. The molecule has 1 aromatic carbocycles. The van der Waals surface area contributed by atoms with Crippen LogP contribution in [0.2, 0.25) is 0 Å². The molecule has 0 aliphatic rings. The van der Waals surface area contributed by atoms with E-state index >= 15 is 0 Å². The highest BCUT2D eigenvalue weighted by molar-refractivity contribution is 5.73. The Bertz CT molecular complexity index is 272. The molecule has 0 bridgehead atoms. The Balaban J connectivity index is 2.19. The van der Waals surface area contributed by atoms with Crippen molar-refractivity contribution in [3.05, 3.63) is 30.3 Å². The zero-order valence-electron chi connectivity index (χ0n) is 8.42. The van der Waals surface area contributed by atoms with E-state index in [9.17, 15) is 0 Å². The van der Waals surface area contributed by atoms with E-state index in [0.29, 0.717) is 18.9 Å². The SMILES string of the molecule is CCOC(=N)CCNc1ccccc1. The third kappa shape index (κ3) is 3.94. The number of rotatable bonds is 5. The number of hydrogen-bond donors (Lipinski definition) is 2. The van der Waals surface area contributed by atoms with Crippen LogP contribution in [0.25, 0.3) is 0 Å². The molecule has 2 N–H and O–H groups in total. The maximum Gasteiger partial charge on any atom is 0.182 e. The summed E-state index contributed by atoms with van der Waals surface area (Å²) in [4.78, 5) is 0. The lowest BCUT2D eigenvalue weighted by atomic mass is 10.3. The molecule has 3 nitrogen and oxygen atoms in total. The van der Waals surface area contributed by atoms with Gasteiger partial charge in [-0.3, -0.25) is 5.41 Å². The lowest BCUT2D eigenvalue weighted by Gasteiger charge is -2.07. The maximum atomic E-state index is 7.39. The van der Waals surface area contributed by atoms with Crippen LogP contribution in [0.4, 0.5) is 5.69 Å². The highest BCUT2D eigenvalue weighted by Gasteiger charge is 1.95. The molecule has 1 rings (SSSR count). The summed E-state index contributed by atoms with van der Waals surface area (Å²) in [6, 6.07) is 9.95. The van der Waals surface area contributed by atoms with Gasteiger partial charge in [0.05, 0.1) is 6.61 Å². The molecule has 1 aromatic rings. The molecule has 76 valence electrons. The average molecular weight is 192 g/mol. The second-order valence-corrected chi connectivity index (χ2v) is 2.90. The van der Waals surface area contributed by atoms with Gasteiger partial charge < -0.3 is 10.1 Å². The zero-order chi connectivity index (χ0) is 10.2. The minimum atomic E-state index is 0.343. The van der Waals surface area contributed by atoms with E-state index < -0.39 is 0 Å². The molecule has 0 unspecified atom stereocenters. The Kier molecular flexibility index (Phi) is 4.55. The van der Waals surface area contributed by atoms with Gasteiger partial charge in [-0.05, 0) is 19.1 Å². The van der Waals surface area contributed by atoms with Gasteiger partial charge in [0.2, 0.25) is 0 Å². The van der Waals surface area contributed by atoms with E-state index in [1.807, 2.05) is 37.3 Å². The van der Waals surface area contributed by atoms with E-state index in [0.717, 1.165) is 12.2 Å². The molecular formula is C11H16N2O. The van der Waals surface area contributed by atoms with Crippen LogP contribution < -0.4 is 5.32 Å². The quantitative estimate of drug-likeness (QED) is 0.556. The Labute approximate surface area is 84.6 Å². The standard InChI is InChI=1S/C11H16N2O/c1-2-14-11(12)8-9-13-10-6-4-3-5-7-10/h3-7,12-13H,2,8-9H2,1H3. The lowest BCUT2D eigenvalue weighted by molar-refractivity contribution is 0.315. The predicted molar refractivity (Wildman–Crippen MR) is 58.9 cm³/mol. The van der Waals surface area contributed by atoms with Crippen molar-refractivity contribution in [3.63, 3.8) is 0 Å². The third-order valence-electron chi connectivity index (χ3n) is 1.77. The number of hydrogen-bond acceptors (Lipinski definition) is 3. The van der Waals surface area contributed by atoms with Crippen LogP contribution in [0.15, 0.2) is 30.3 Å². The summed E-state index contributed by atoms with van der Waals surface area (Å²) >= 11 is 0. The van der Waals surface area contributed by atoms with Gasteiger partial charge in [0.15, 0.2) is 5.90 Å². The topological polar surface area (TPSA) is 45.1 Å². The number of benzene rings is 1. The fourth-order valence-electron chi connectivity index (χ4n) is 1.12. The molecule has 0 aliphatic carbocycles. The van der Waals surface area contributed by atoms with Crippen molar-refractivity contribution in [1.82, 2.24) is 0 Å². The van der Waals surface area contributed by atoms with Crippen molar-refractivity contribution >= 4 is 11.6 Å². The van der Waals surface area contributed by atoms with Gasteiger partial charge in [-0.2, -0.15) is 0 Å². The largest absolute Gasteiger partial charge is 0.481 e. The van der Waals surface area contributed by atoms with Crippen LogP contribution in [0.5, 0.6) is 0 Å². The van der Waals surface area contributed by atoms with Crippen molar-refractivity contribution in [2.75, 3.05) is 18.5 Å². The molecule has 0 aromatic heterocycles. The summed E-state index contributed by atoms with van der Waals surface area (Å²) in [6.45, 7) is 3.20. The van der Waals surface area contributed by atoms with Gasteiger partial charge in [-0.15, -0.1) is 0 Å². The van der Waals surface area contributed by atoms with Gasteiger partial charge in [0.25, 0.3) is 0 Å². The lowest BCUT2D eigenvalue weighted by Crippen LogP contribution is -2.10. The smallest absolute Gasteiger partial charge is 0.182 e. The van der Waals surface area contributed by atoms with Crippen LogP contribution in [-0.2, 0) is 4.74 Å². The Morgan fingerprint density at radius 2 is 2.07 bits per heavy atom. The molecule has 14 heavy (non-hydrogen) atoms. The molecule has 0 saturated heterocycles. The summed E-state index contributed by atoms with van der Waals surface area (Å²) in [6.07, 6.45) is 0.628. The molecular weight excluding hydrogens is 176 g/mol. The number of para-hydroxylation sites is 1. The first-order chi connectivity index (χ1) is 6.83. The first kappa shape index (κ1) is 10.6. The van der Waals surface area contributed by atoms with E-state index in [1.54, 1.807) is 0 Å². The van der Waals surface area contributed by atoms with Gasteiger partial charge in [0.1, 0.15) is 0 Å². The van der Waals surface area contributed by atoms with E-state index in [-0.39, 0.29) is 0 Å².